The lowest BCUT2D eigenvalue weighted by Crippen LogP contribution is -2.53. The Morgan fingerprint density at radius 2 is 1.74 bits per heavy atom. The van der Waals surface area contributed by atoms with E-state index >= 15 is 0 Å². The summed E-state index contributed by atoms with van der Waals surface area (Å²) in [6.07, 6.45) is -16.0. The van der Waals surface area contributed by atoms with Gasteiger partial charge in [0.2, 0.25) is 12.1 Å². The summed E-state index contributed by atoms with van der Waals surface area (Å²) < 4.78 is 84.4. The van der Waals surface area contributed by atoms with Gasteiger partial charge in [0, 0.05) is 13.7 Å². The summed E-state index contributed by atoms with van der Waals surface area (Å²) in [5.41, 5.74) is -1.39. The summed E-state index contributed by atoms with van der Waals surface area (Å²) in [4.78, 5) is 12.2. The number of methoxy groups -OCH3 is 1. The molecule has 0 saturated carbocycles. The summed E-state index contributed by atoms with van der Waals surface area (Å²) in [6, 6.07) is -1.29. The van der Waals surface area contributed by atoms with E-state index in [4.69, 9.17) is 15.4 Å². The van der Waals surface area contributed by atoms with E-state index in [-0.39, 0.29) is 25.3 Å². The molecule has 31 heavy (non-hydrogen) atoms. The van der Waals surface area contributed by atoms with E-state index in [1.165, 1.54) is 27.2 Å². The third-order valence-electron chi connectivity index (χ3n) is 4.04. The summed E-state index contributed by atoms with van der Waals surface area (Å²) >= 11 is 0. The number of halogens is 6. The molecule has 9 nitrogen and oxygen atoms in total. The average molecular weight is 465 g/mol. The number of amides is 1. The van der Waals surface area contributed by atoms with Crippen molar-refractivity contribution in [3.05, 3.63) is 0 Å². The van der Waals surface area contributed by atoms with Crippen molar-refractivity contribution in [3.8, 4) is 6.19 Å². The van der Waals surface area contributed by atoms with Crippen LogP contribution in [0.5, 0.6) is 0 Å². The fourth-order valence-corrected chi connectivity index (χ4v) is 2.12. The molecule has 0 spiro atoms. The lowest BCUT2D eigenvalue weighted by Gasteiger charge is -2.30. The zero-order chi connectivity index (χ0) is 24.5. The maximum Gasteiger partial charge on any atom is 0.423 e. The van der Waals surface area contributed by atoms with Crippen molar-refractivity contribution < 1.29 is 45.7 Å². The van der Waals surface area contributed by atoms with Gasteiger partial charge in [0.15, 0.2) is 6.19 Å². The Morgan fingerprint density at radius 1 is 1.19 bits per heavy atom. The number of aliphatic hydroxyl groups excluding tert-OH is 1. The Bertz CT molecular complexity index is 621. The second-order valence-corrected chi connectivity index (χ2v) is 6.84. The molecule has 15 heteroatoms. The number of alkyl halides is 6. The molecule has 0 fully saturated rings. The number of hydrogen-bond acceptors (Lipinski definition) is 6. The SMILES string of the molecule is COC(C)(C)C(=O)NC(CCCNC(=N)NC#N)C(O)COC(C(F)(F)F)C(F)(F)F. The van der Waals surface area contributed by atoms with Crippen LogP contribution in [0.4, 0.5) is 26.3 Å². The van der Waals surface area contributed by atoms with E-state index in [0.29, 0.717) is 0 Å². The molecule has 0 aromatic heterocycles. The van der Waals surface area contributed by atoms with Crippen LogP contribution in [0, 0.1) is 16.9 Å². The zero-order valence-electron chi connectivity index (χ0n) is 16.9. The van der Waals surface area contributed by atoms with E-state index in [1.807, 2.05) is 5.32 Å². The van der Waals surface area contributed by atoms with Crippen molar-refractivity contribution in [1.29, 1.82) is 10.7 Å². The van der Waals surface area contributed by atoms with Crippen LogP contribution in [-0.2, 0) is 14.3 Å². The van der Waals surface area contributed by atoms with Gasteiger partial charge >= 0.3 is 12.4 Å². The second kappa shape index (κ2) is 11.9. The van der Waals surface area contributed by atoms with E-state index in [0.717, 1.165) is 0 Å². The number of carbonyl (C=O) groups excluding carboxylic acids is 1. The minimum absolute atomic E-state index is 0.0505. The standard InChI is InChI=1S/C16H25F6N5O4/c1-14(2,30-3)12(29)27-9(5-4-6-25-13(24)26-8-23)10(28)7-31-11(15(17,18)19)16(20,21)22/h9-11,28H,4-7H2,1-3H3,(H,27,29)(H3,24,25,26). The van der Waals surface area contributed by atoms with Crippen molar-refractivity contribution in [2.75, 3.05) is 20.3 Å². The zero-order valence-corrected chi connectivity index (χ0v) is 16.9. The summed E-state index contributed by atoms with van der Waals surface area (Å²) in [5.74, 6) is -1.11. The molecule has 0 aromatic carbocycles. The molecule has 0 aliphatic rings. The molecular formula is C16H25F6N5O4. The van der Waals surface area contributed by atoms with Gasteiger partial charge in [-0.1, -0.05) is 0 Å². The Hall–Kier alpha value is -2.31. The van der Waals surface area contributed by atoms with Crippen molar-refractivity contribution >= 4 is 11.9 Å². The highest BCUT2D eigenvalue weighted by molar-refractivity contribution is 5.84. The molecule has 2 atom stereocenters. The number of nitrogens with zero attached hydrogens (tertiary/aromatic N) is 1. The van der Waals surface area contributed by atoms with Gasteiger partial charge in [-0.2, -0.15) is 31.6 Å². The largest absolute Gasteiger partial charge is 0.423 e. The van der Waals surface area contributed by atoms with Crippen molar-refractivity contribution in [2.24, 2.45) is 0 Å². The Labute approximate surface area is 174 Å². The number of guanidine groups is 1. The highest BCUT2D eigenvalue weighted by Gasteiger charge is 2.58. The van der Waals surface area contributed by atoms with E-state index in [1.54, 1.807) is 0 Å². The lowest BCUT2D eigenvalue weighted by atomic mass is 10.0. The van der Waals surface area contributed by atoms with E-state index in [9.17, 15) is 36.2 Å². The summed E-state index contributed by atoms with van der Waals surface area (Å²) in [5, 5.41) is 32.6. The number of hydrogen-bond donors (Lipinski definition) is 5. The molecule has 0 saturated heterocycles. The lowest BCUT2D eigenvalue weighted by molar-refractivity contribution is -0.325. The van der Waals surface area contributed by atoms with Crippen molar-refractivity contribution in [2.45, 2.75) is 62.9 Å². The van der Waals surface area contributed by atoms with Gasteiger partial charge in [0.25, 0.3) is 5.91 Å². The average Bonchev–Trinajstić information content (AvgIpc) is 2.61. The van der Waals surface area contributed by atoms with Crippen molar-refractivity contribution in [3.63, 3.8) is 0 Å². The third-order valence-corrected chi connectivity index (χ3v) is 4.04. The molecule has 0 aliphatic carbocycles. The van der Waals surface area contributed by atoms with Gasteiger partial charge in [-0.25, -0.2) is 0 Å². The van der Waals surface area contributed by atoms with Crippen LogP contribution in [-0.4, -0.2) is 73.4 Å². The van der Waals surface area contributed by atoms with Crippen LogP contribution in [0.15, 0.2) is 0 Å². The predicted octanol–water partition coefficient (Wildman–Crippen LogP) is 1.14. The molecule has 0 bridgehead atoms. The van der Waals surface area contributed by atoms with Gasteiger partial charge < -0.3 is 25.2 Å². The van der Waals surface area contributed by atoms with Crippen LogP contribution in [0.2, 0.25) is 0 Å². The number of carbonyl (C=O) groups is 1. The van der Waals surface area contributed by atoms with Gasteiger partial charge in [-0.05, 0) is 26.7 Å². The van der Waals surface area contributed by atoms with E-state index < -0.39 is 48.7 Å². The number of nitrogens with one attached hydrogen (secondary N) is 4. The number of nitriles is 1. The first-order chi connectivity index (χ1) is 14.1. The molecule has 2 unspecified atom stereocenters. The minimum Gasteiger partial charge on any atom is -0.389 e. The molecule has 1 amide bonds. The first-order valence-electron chi connectivity index (χ1n) is 8.83. The second-order valence-electron chi connectivity index (χ2n) is 6.84. The highest BCUT2D eigenvalue weighted by Crippen LogP contribution is 2.35. The number of ether oxygens (including phenoxy) is 2. The maximum atomic E-state index is 12.6. The Kier molecular flexibility index (Phi) is 11.0. The normalized spacial score (nSPS) is 14.5. The molecule has 0 aromatic rings. The summed E-state index contributed by atoms with van der Waals surface area (Å²) in [6.45, 7) is 1.42. The molecule has 0 radical (unpaired) electrons. The quantitative estimate of drug-likeness (QED) is 0.0770. The molecule has 0 aliphatic heterocycles. The highest BCUT2D eigenvalue weighted by atomic mass is 19.4. The van der Waals surface area contributed by atoms with Crippen LogP contribution in [0.3, 0.4) is 0 Å². The minimum atomic E-state index is -5.74. The molecule has 0 heterocycles. The predicted molar refractivity (Wildman–Crippen MR) is 94.6 cm³/mol. The Balaban J connectivity index is 5.18. The fraction of sp³-hybridized carbons (Fsp3) is 0.812. The van der Waals surface area contributed by atoms with Crippen LogP contribution in [0.1, 0.15) is 26.7 Å². The number of rotatable bonds is 11. The smallest absolute Gasteiger partial charge is 0.389 e. The molecule has 180 valence electrons. The van der Waals surface area contributed by atoms with Crippen LogP contribution < -0.4 is 16.0 Å². The fourth-order valence-electron chi connectivity index (χ4n) is 2.12. The first kappa shape index (κ1) is 28.7. The van der Waals surface area contributed by atoms with Crippen LogP contribution in [0.25, 0.3) is 0 Å². The molecule has 5 N–H and O–H groups in total. The van der Waals surface area contributed by atoms with Gasteiger partial charge in [0.1, 0.15) is 5.60 Å². The topological polar surface area (TPSA) is 139 Å². The van der Waals surface area contributed by atoms with Crippen LogP contribution >= 0.6 is 0 Å². The maximum absolute atomic E-state index is 12.6. The third kappa shape index (κ3) is 10.5. The number of aliphatic hydroxyl groups is 1. The van der Waals surface area contributed by atoms with Gasteiger partial charge in [-0.3, -0.25) is 15.5 Å². The monoisotopic (exact) mass is 465 g/mol. The first-order valence-corrected chi connectivity index (χ1v) is 8.83. The Morgan fingerprint density at radius 3 is 2.19 bits per heavy atom. The van der Waals surface area contributed by atoms with Gasteiger partial charge in [-0.15, -0.1) is 0 Å². The molecular weight excluding hydrogens is 440 g/mol. The summed E-state index contributed by atoms with van der Waals surface area (Å²) in [7, 11) is 1.21. The van der Waals surface area contributed by atoms with Crippen molar-refractivity contribution in [1.82, 2.24) is 16.0 Å². The van der Waals surface area contributed by atoms with E-state index in [2.05, 4.69) is 15.4 Å². The van der Waals surface area contributed by atoms with Gasteiger partial charge in [0.05, 0.1) is 18.8 Å². The molecule has 0 rings (SSSR count).